The van der Waals surface area contributed by atoms with Crippen LogP contribution in [0.5, 0.6) is 23.0 Å². The Morgan fingerprint density at radius 1 is 0.690 bits per heavy atom. The van der Waals surface area contributed by atoms with E-state index in [-0.39, 0.29) is 29.1 Å². The van der Waals surface area contributed by atoms with Gasteiger partial charge in [-0.15, -0.1) is 0 Å². The molecule has 0 aliphatic carbocycles. The van der Waals surface area contributed by atoms with Crippen molar-refractivity contribution in [1.82, 2.24) is 0 Å². The number of ether oxygens (including phenoxy) is 4. The predicted molar refractivity (Wildman–Crippen MR) is 167 cm³/mol. The summed E-state index contributed by atoms with van der Waals surface area (Å²) in [5.74, 6) is 3.17. The van der Waals surface area contributed by atoms with Crippen molar-refractivity contribution >= 4 is 15.7 Å². The van der Waals surface area contributed by atoms with E-state index in [0.717, 1.165) is 48.5 Å². The second-order valence-electron chi connectivity index (χ2n) is 13.6. The van der Waals surface area contributed by atoms with E-state index in [2.05, 4.69) is 70.5 Å². The van der Waals surface area contributed by atoms with Gasteiger partial charge in [-0.2, -0.15) is 0 Å². The summed E-state index contributed by atoms with van der Waals surface area (Å²) in [6.45, 7) is 14.2. The van der Waals surface area contributed by atoms with Gasteiger partial charge < -0.3 is 18.9 Å². The third kappa shape index (κ3) is 6.80. The van der Waals surface area contributed by atoms with Crippen LogP contribution in [-0.4, -0.2) is 34.2 Å². The molecule has 0 amide bonds. The van der Waals surface area contributed by atoms with E-state index in [1.165, 1.54) is 16.7 Å². The Balaban J connectivity index is 1.21. The molecule has 0 radical (unpaired) electrons. The van der Waals surface area contributed by atoms with Crippen LogP contribution < -0.4 is 23.7 Å². The van der Waals surface area contributed by atoms with Crippen LogP contribution in [0.2, 0.25) is 0 Å². The molecule has 226 valence electrons. The Kier molecular flexibility index (Phi) is 7.90. The molecule has 42 heavy (non-hydrogen) atoms. The highest BCUT2D eigenvalue weighted by molar-refractivity contribution is 7.92. The molecule has 5 rings (SSSR count). The normalized spacial score (nSPS) is 16.8. The van der Waals surface area contributed by atoms with Gasteiger partial charge in [-0.1, -0.05) is 65.8 Å². The van der Waals surface area contributed by atoms with Gasteiger partial charge in [-0.3, -0.25) is 4.72 Å². The third-order valence-corrected chi connectivity index (χ3v) is 9.29. The van der Waals surface area contributed by atoms with Crippen molar-refractivity contribution in [2.75, 3.05) is 24.4 Å². The number of fused-ring (bicyclic) bond motifs is 2. The zero-order chi connectivity index (χ0) is 30.3. The summed E-state index contributed by atoms with van der Waals surface area (Å²) in [7, 11) is -3.29. The standard InChI is InChI=1S/C34H43NO6S/c1-32(2,23-8-12-26(13-9-23)35-42(7,36)37)16-17-33(3,4)24-11-15-29-31(18-24)38-21-27(41-29)20-34(5,6)25-10-14-28-30(19-25)40-22-39-28/h8-15,18-19,27,35H,16-17,20-22H2,1-7H3. The molecule has 7 nitrogen and oxygen atoms in total. The van der Waals surface area contributed by atoms with Crippen LogP contribution in [-0.2, 0) is 26.3 Å². The van der Waals surface area contributed by atoms with E-state index in [1.54, 1.807) is 0 Å². The minimum atomic E-state index is -3.29. The molecule has 1 N–H and O–H groups in total. The van der Waals surface area contributed by atoms with Crippen molar-refractivity contribution in [1.29, 1.82) is 0 Å². The lowest BCUT2D eigenvalue weighted by Gasteiger charge is -2.35. The third-order valence-electron chi connectivity index (χ3n) is 8.68. The Bertz CT molecular complexity index is 1540. The fourth-order valence-corrected chi connectivity index (χ4v) is 6.32. The molecule has 2 aliphatic heterocycles. The summed E-state index contributed by atoms with van der Waals surface area (Å²) in [6, 6.07) is 20.2. The van der Waals surface area contributed by atoms with Gasteiger partial charge in [0.05, 0.1) is 6.26 Å². The molecule has 0 saturated heterocycles. The molecule has 1 unspecified atom stereocenters. The first kappa shape index (κ1) is 30.1. The molecule has 0 bridgehead atoms. The average Bonchev–Trinajstić information content (AvgIpc) is 3.39. The molecule has 0 fully saturated rings. The molecular weight excluding hydrogens is 550 g/mol. The number of benzene rings is 3. The molecular formula is C34H43NO6S. The van der Waals surface area contributed by atoms with Crippen molar-refractivity contribution in [2.24, 2.45) is 0 Å². The smallest absolute Gasteiger partial charge is 0.231 e. The SMILES string of the molecule is CC(C)(CCC(C)(C)c1ccc2c(c1)OCC(CC(C)(C)c1ccc3c(c1)OCO3)O2)c1ccc(NS(C)(=O)=O)cc1. The lowest BCUT2D eigenvalue weighted by atomic mass is 9.73. The van der Waals surface area contributed by atoms with Gasteiger partial charge in [-0.25, -0.2) is 8.42 Å². The highest BCUT2D eigenvalue weighted by atomic mass is 32.2. The van der Waals surface area contributed by atoms with E-state index in [9.17, 15) is 8.42 Å². The Labute approximate surface area is 250 Å². The lowest BCUT2D eigenvalue weighted by Crippen LogP contribution is -2.35. The predicted octanol–water partition coefficient (Wildman–Crippen LogP) is 7.33. The zero-order valence-electron chi connectivity index (χ0n) is 25.7. The van der Waals surface area contributed by atoms with Crippen LogP contribution in [0.3, 0.4) is 0 Å². The summed E-state index contributed by atoms with van der Waals surface area (Å²) in [5.41, 5.74) is 3.86. The number of sulfonamides is 1. The second-order valence-corrected chi connectivity index (χ2v) is 15.3. The van der Waals surface area contributed by atoms with E-state index in [0.29, 0.717) is 12.3 Å². The largest absolute Gasteiger partial charge is 0.486 e. The van der Waals surface area contributed by atoms with Crippen LogP contribution in [0.25, 0.3) is 0 Å². The van der Waals surface area contributed by atoms with Gasteiger partial charge in [0.2, 0.25) is 16.8 Å². The fourth-order valence-electron chi connectivity index (χ4n) is 5.76. The first-order valence-electron chi connectivity index (χ1n) is 14.5. The van der Waals surface area contributed by atoms with Gasteiger partial charge in [0.1, 0.15) is 12.7 Å². The maximum atomic E-state index is 11.5. The Morgan fingerprint density at radius 2 is 1.21 bits per heavy atom. The maximum absolute atomic E-state index is 11.5. The second kappa shape index (κ2) is 11.0. The highest BCUT2D eigenvalue weighted by Gasteiger charge is 2.33. The monoisotopic (exact) mass is 593 g/mol. The van der Waals surface area contributed by atoms with Gasteiger partial charge in [0, 0.05) is 5.69 Å². The first-order valence-corrected chi connectivity index (χ1v) is 16.4. The minimum Gasteiger partial charge on any atom is -0.486 e. The number of anilines is 1. The van der Waals surface area contributed by atoms with Crippen LogP contribution >= 0.6 is 0 Å². The maximum Gasteiger partial charge on any atom is 0.231 e. The minimum absolute atomic E-state index is 0.0587. The van der Waals surface area contributed by atoms with Crippen molar-refractivity contribution in [2.45, 2.75) is 83.2 Å². The quantitative estimate of drug-likeness (QED) is 0.265. The summed E-state index contributed by atoms with van der Waals surface area (Å²) in [6.07, 6.45) is 3.84. The fraction of sp³-hybridized carbons (Fsp3) is 0.471. The molecule has 0 spiro atoms. The molecule has 2 aliphatic rings. The van der Waals surface area contributed by atoms with Crippen molar-refractivity contribution in [3.05, 3.63) is 77.4 Å². The number of rotatable bonds is 10. The number of hydrogen-bond acceptors (Lipinski definition) is 6. The zero-order valence-corrected chi connectivity index (χ0v) is 26.6. The van der Waals surface area contributed by atoms with Gasteiger partial charge in [0.25, 0.3) is 0 Å². The summed E-state index contributed by atoms with van der Waals surface area (Å²) < 4.78 is 49.4. The molecule has 0 saturated carbocycles. The number of nitrogens with one attached hydrogen (secondary N) is 1. The van der Waals surface area contributed by atoms with Crippen molar-refractivity contribution in [3.8, 4) is 23.0 Å². The molecule has 8 heteroatoms. The lowest BCUT2D eigenvalue weighted by molar-refractivity contribution is 0.0700. The Hall–Kier alpha value is -3.39. The van der Waals surface area contributed by atoms with Crippen molar-refractivity contribution < 1.29 is 27.4 Å². The highest BCUT2D eigenvalue weighted by Crippen LogP contribution is 2.43. The van der Waals surface area contributed by atoms with E-state index in [1.807, 2.05) is 36.4 Å². The van der Waals surface area contributed by atoms with Crippen LogP contribution in [0.15, 0.2) is 60.7 Å². The van der Waals surface area contributed by atoms with E-state index < -0.39 is 10.0 Å². The van der Waals surface area contributed by atoms with E-state index >= 15 is 0 Å². The molecule has 1 atom stereocenters. The first-order chi connectivity index (χ1) is 19.6. The molecule has 3 aromatic rings. The molecule has 2 heterocycles. The summed E-state index contributed by atoms with van der Waals surface area (Å²) in [5, 5.41) is 0. The van der Waals surface area contributed by atoms with Crippen LogP contribution in [0.1, 0.15) is 77.5 Å². The number of hydrogen-bond donors (Lipinski definition) is 1. The van der Waals surface area contributed by atoms with Gasteiger partial charge in [0.15, 0.2) is 23.0 Å². The topological polar surface area (TPSA) is 83.1 Å². The van der Waals surface area contributed by atoms with E-state index in [4.69, 9.17) is 18.9 Å². The van der Waals surface area contributed by atoms with Crippen LogP contribution in [0.4, 0.5) is 5.69 Å². The van der Waals surface area contributed by atoms with Gasteiger partial charge in [-0.05, 0) is 88.6 Å². The molecule has 0 aromatic heterocycles. The average molecular weight is 594 g/mol. The van der Waals surface area contributed by atoms with Gasteiger partial charge >= 0.3 is 0 Å². The molecule has 3 aromatic carbocycles. The Morgan fingerprint density at radius 3 is 1.86 bits per heavy atom. The summed E-state index contributed by atoms with van der Waals surface area (Å²) >= 11 is 0. The van der Waals surface area contributed by atoms with Crippen LogP contribution in [0, 0.1) is 0 Å². The summed E-state index contributed by atoms with van der Waals surface area (Å²) in [4.78, 5) is 0. The van der Waals surface area contributed by atoms with Crippen molar-refractivity contribution in [3.63, 3.8) is 0 Å².